The van der Waals surface area contributed by atoms with E-state index in [0.29, 0.717) is 25.1 Å². The molecule has 1 amide bonds. The Morgan fingerprint density at radius 2 is 2.12 bits per heavy atom. The summed E-state index contributed by atoms with van der Waals surface area (Å²) in [4.78, 5) is 22.5. The first-order valence-electron chi connectivity index (χ1n) is 5.24. The average molecular weight is 223 g/mol. The summed E-state index contributed by atoms with van der Waals surface area (Å²) in [6, 6.07) is 3.34. The zero-order valence-electron chi connectivity index (χ0n) is 8.68. The molecule has 0 aromatic carbocycles. The van der Waals surface area contributed by atoms with Crippen LogP contribution < -0.4 is 5.32 Å². The number of nitrogens with one attached hydrogen (secondary N) is 1. The molecule has 0 saturated heterocycles. The Balaban J connectivity index is 1.90. The molecule has 2 atom stereocenters. The Morgan fingerprint density at radius 3 is 2.69 bits per heavy atom. The summed E-state index contributed by atoms with van der Waals surface area (Å²) in [5.41, 5.74) is 0. The Kier molecular flexibility index (Phi) is 2.94. The van der Waals surface area contributed by atoms with Gasteiger partial charge in [0.15, 0.2) is 5.88 Å². The van der Waals surface area contributed by atoms with Gasteiger partial charge >= 0.3 is 5.97 Å². The number of anilines is 1. The Bertz CT molecular complexity index is 385. The number of hydrogen-bond acceptors (Lipinski definition) is 3. The van der Waals surface area contributed by atoms with Crippen LogP contribution in [0.15, 0.2) is 22.8 Å². The van der Waals surface area contributed by atoms with Gasteiger partial charge in [0.1, 0.15) is 0 Å². The lowest BCUT2D eigenvalue weighted by Crippen LogP contribution is -2.21. The zero-order chi connectivity index (χ0) is 11.5. The van der Waals surface area contributed by atoms with Crippen molar-refractivity contribution in [3.8, 4) is 0 Å². The monoisotopic (exact) mass is 223 g/mol. The van der Waals surface area contributed by atoms with E-state index in [0.717, 1.165) is 0 Å². The molecule has 1 saturated carbocycles. The molecule has 2 N–H and O–H groups in total. The fourth-order valence-electron chi connectivity index (χ4n) is 2.02. The van der Waals surface area contributed by atoms with Crippen molar-refractivity contribution in [2.75, 3.05) is 5.32 Å². The summed E-state index contributed by atoms with van der Waals surface area (Å²) < 4.78 is 4.99. The molecule has 1 fully saturated rings. The van der Waals surface area contributed by atoms with Crippen LogP contribution in [0.2, 0.25) is 0 Å². The van der Waals surface area contributed by atoms with Crippen LogP contribution in [-0.4, -0.2) is 17.0 Å². The van der Waals surface area contributed by atoms with Crippen LogP contribution in [0.5, 0.6) is 0 Å². The van der Waals surface area contributed by atoms with Crippen molar-refractivity contribution >= 4 is 17.8 Å². The van der Waals surface area contributed by atoms with Gasteiger partial charge in [0, 0.05) is 12.0 Å². The number of carboxylic acids is 1. The van der Waals surface area contributed by atoms with Gasteiger partial charge in [-0.2, -0.15) is 0 Å². The number of carboxylic acid groups (broad SMARTS) is 1. The molecule has 2 unspecified atom stereocenters. The summed E-state index contributed by atoms with van der Waals surface area (Å²) in [7, 11) is 0. The summed E-state index contributed by atoms with van der Waals surface area (Å²) in [6.45, 7) is 0. The highest BCUT2D eigenvalue weighted by Crippen LogP contribution is 2.31. The van der Waals surface area contributed by atoms with Crippen molar-refractivity contribution in [2.45, 2.75) is 19.3 Å². The topological polar surface area (TPSA) is 79.5 Å². The SMILES string of the molecule is O=C(O)C1CCC(C(=O)Nc2ccco2)C1. The van der Waals surface area contributed by atoms with Gasteiger partial charge in [-0.15, -0.1) is 0 Å². The largest absolute Gasteiger partial charge is 0.481 e. The fourth-order valence-corrected chi connectivity index (χ4v) is 2.02. The quantitative estimate of drug-likeness (QED) is 0.817. The van der Waals surface area contributed by atoms with Gasteiger partial charge in [0.2, 0.25) is 5.91 Å². The van der Waals surface area contributed by atoms with Crippen molar-refractivity contribution in [1.82, 2.24) is 0 Å². The van der Waals surface area contributed by atoms with Crippen LogP contribution in [0.1, 0.15) is 19.3 Å². The minimum atomic E-state index is -0.812. The Labute approximate surface area is 92.4 Å². The molecule has 86 valence electrons. The normalized spacial score (nSPS) is 24.2. The molecule has 0 spiro atoms. The van der Waals surface area contributed by atoms with E-state index in [1.807, 2.05) is 0 Å². The molecule has 1 aromatic heterocycles. The standard InChI is InChI=1S/C11H13NO4/c13-10(12-9-2-1-5-16-9)7-3-4-8(6-7)11(14)15/h1-2,5,7-8H,3-4,6H2,(H,12,13)(H,14,15). The molecule has 2 rings (SSSR count). The minimum absolute atomic E-state index is 0.154. The first-order chi connectivity index (χ1) is 7.66. The summed E-state index contributed by atoms with van der Waals surface area (Å²) in [5.74, 6) is -1.16. The molecule has 1 aliphatic rings. The maximum absolute atomic E-state index is 11.7. The number of furan rings is 1. The molecule has 5 nitrogen and oxygen atoms in total. The summed E-state index contributed by atoms with van der Waals surface area (Å²) >= 11 is 0. The van der Waals surface area contributed by atoms with Gasteiger partial charge in [-0.3, -0.25) is 14.9 Å². The lowest BCUT2D eigenvalue weighted by Gasteiger charge is -2.08. The minimum Gasteiger partial charge on any atom is -0.481 e. The van der Waals surface area contributed by atoms with Gasteiger partial charge in [-0.1, -0.05) is 0 Å². The van der Waals surface area contributed by atoms with Gasteiger partial charge in [-0.05, 0) is 25.3 Å². The lowest BCUT2D eigenvalue weighted by atomic mass is 10.0. The molecule has 0 bridgehead atoms. The van der Waals surface area contributed by atoms with Crippen molar-refractivity contribution in [1.29, 1.82) is 0 Å². The number of carbonyl (C=O) groups excluding carboxylic acids is 1. The molecule has 5 heteroatoms. The van der Waals surface area contributed by atoms with E-state index in [1.165, 1.54) is 6.26 Å². The predicted molar refractivity (Wildman–Crippen MR) is 55.8 cm³/mol. The van der Waals surface area contributed by atoms with Gasteiger partial charge in [0.25, 0.3) is 0 Å². The highest BCUT2D eigenvalue weighted by Gasteiger charge is 2.33. The highest BCUT2D eigenvalue weighted by atomic mass is 16.4. The molecule has 0 radical (unpaired) electrons. The van der Waals surface area contributed by atoms with E-state index in [9.17, 15) is 9.59 Å². The van der Waals surface area contributed by atoms with Crippen LogP contribution in [0, 0.1) is 11.8 Å². The number of aliphatic carboxylic acids is 1. The third kappa shape index (κ3) is 2.24. The molecule has 1 aromatic rings. The second-order valence-corrected chi connectivity index (χ2v) is 4.01. The average Bonchev–Trinajstić information content (AvgIpc) is 2.86. The van der Waals surface area contributed by atoms with E-state index in [-0.39, 0.29) is 17.7 Å². The molecular formula is C11H13NO4. The van der Waals surface area contributed by atoms with Crippen LogP contribution in [-0.2, 0) is 9.59 Å². The second-order valence-electron chi connectivity index (χ2n) is 4.01. The van der Waals surface area contributed by atoms with E-state index >= 15 is 0 Å². The molecule has 1 heterocycles. The van der Waals surface area contributed by atoms with E-state index in [1.54, 1.807) is 12.1 Å². The van der Waals surface area contributed by atoms with Gasteiger partial charge in [0.05, 0.1) is 12.2 Å². The molecular weight excluding hydrogens is 210 g/mol. The fraction of sp³-hybridized carbons (Fsp3) is 0.455. The summed E-state index contributed by atoms with van der Waals surface area (Å²) in [6.07, 6.45) is 3.10. The smallest absolute Gasteiger partial charge is 0.306 e. The number of hydrogen-bond donors (Lipinski definition) is 2. The molecule has 1 aliphatic carbocycles. The van der Waals surface area contributed by atoms with E-state index in [2.05, 4.69) is 5.32 Å². The maximum Gasteiger partial charge on any atom is 0.306 e. The van der Waals surface area contributed by atoms with Gasteiger partial charge in [-0.25, -0.2) is 0 Å². The number of amides is 1. The van der Waals surface area contributed by atoms with Crippen molar-refractivity contribution in [3.05, 3.63) is 18.4 Å². The lowest BCUT2D eigenvalue weighted by molar-refractivity contribution is -0.141. The van der Waals surface area contributed by atoms with E-state index < -0.39 is 5.97 Å². The van der Waals surface area contributed by atoms with Gasteiger partial charge < -0.3 is 9.52 Å². The first-order valence-corrected chi connectivity index (χ1v) is 5.24. The van der Waals surface area contributed by atoms with Crippen LogP contribution in [0.3, 0.4) is 0 Å². The Morgan fingerprint density at radius 1 is 1.38 bits per heavy atom. The van der Waals surface area contributed by atoms with Crippen LogP contribution in [0.25, 0.3) is 0 Å². The third-order valence-corrected chi connectivity index (χ3v) is 2.92. The zero-order valence-corrected chi connectivity index (χ0v) is 8.68. The van der Waals surface area contributed by atoms with Crippen molar-refractivity contribution < 1.29 is 19.1 Å². The first kappa shape index (κ1) is 10.7. The predicted octanol–water partition coefficient (Wildman–Crippen LogP) is 1.72. The van der Waals surface area contributed by atoms with Crippen molar-refractivity contribution in [2.24, 2.45) is 11.8 Å². The highest BCUT2D eigenvalue weighted by molar-refractivity contribution is 5.92. The third-order valence-electron chi connectivity index (χ3n) is 2.92. The maximum atomic E-state index is 11.7. The summed E-state index contributed by atoms with van der Waals surface area (Å²) in [5, 5.41) is 11.4. The molecule has 16 heavy (non-hydrogen) atoms. The number of rotatable bonds is 3. The van der Waals surface area contributed by atoms with Crippen LogP contribution >= 0.6 is 0 Å². The van der Waals surface area contributed by atoms with Crippen molar-refractivity contribution in [3.63, 3.8) is 0 Å². The molecule has 0 aliphatic heterocycles. The second kappa shape index (κ2) is 4.38. The number of carbonyl (C=O) groups is 2. The van der Waals surface area contributed by atoms with Crippen LogP contribution in [0.4, 0.5) is 5.88 Å². The van der Waals surface area contributed by atoms with E-state index in [4.69, 9.17) is 9.52 Å². The Hall–Kier alpha value is -1.78.